The van der Waals surface area contributed by atoms with Crippen LogP contribution in [0.25, 0.3) is 0 Å². The van der Waals surface area contributed by atoms with Crippen LogP contribution in [-0.4, -0.2) is 18.1 Å². The van der Waals surface area contributed by atoms with Gasteiger partial charge >= 0.3 is 0 Å². The number of aliphatic imine (C=N–C) groups is 2. The highest BCUT2D eigenvalue weighted by Crippen LogP contribution is 2.29. The van der Waals surface area contributed by atoms with Crippen LogP contribution in [0.3, 0.4) is 0 Å². The first-order chi connectivity index (χ1) is 13.1. The molecule has 0 fully saturated rings. The molecule has 3 aromatic rings. The van der Waals surface area contributed by atoms with Crippen molar-refractivity contribution < 1.29 is 0 Å². The summed E-state index contributed by atoms with van der Waals surface area (Å²) in [5, 5.41) is 5.32. The van der Waals surface area contributed by atoms with Gasteiger partial charge in [-0.2, -0.15) is 0 Å². The molecule has 0 amide bonds. The van der Waals surface area contributed by atoms with Crippen LogP contribution in [0.2, 0.25) is 15.1 Å². The number of halogens is 3. The number of nitrogens with zero attached hydrogens (tertiary/aromatic N) is 2. The fourth-order valence-corrected chi connectivity index (χ4v) is 3.26. The summed E-state index contributed by atoms with van der Waals surface area (Å²) in [6.45, 7) is 0.410. The highest BCUT2D eigenvalue weighted by Gasteiger charge is 2.17. The molecule has 4 rings (SSSR count). The Morgan fingerprint density at radius 2 is 1.37 bits per heavy atom. The van der Waals surface area contributed by atoms with E-state index in [0.717, 1.165) is 34.0 Å². The Labute approximate surface area is 172 Å². The summed E-state index contributed by atoms with van der Waals surface area (Å²) in [6.07, 6.45) is 0. The Kier molecular flexibility index (Phi) is 5.17. The number of benzene rings is 3. The summed E-state index contributed by atoms with van der Waals surface area (Å²) in [5.41, 5.74) is 4.39. The van der Waals surface area contributed by atoms with Gasteiger partial charge in [0.25, 0.3) is 0 Å². The molecule has 1 heterocycles. The maximum Gasteiger partial charge on any atom is 0.128 e. The molecule has 1 N–H and O–H groups in total. The Bertz CT molecular complexity index is 1040. The second-order valence-electron chi connectivity index (χ2n) is 6.02. The maximum atomic E-state index is 6.24. The predicted octanol–water partition coefficient (Wildman–Crippen LogP) is 6.64. The largest absolute Gasteiger partial charge is 0.342 e. The lowest BCUT2D eigenvalue weighted by Gasteiger charge is -2.09. The van der Waals surface area contributed by atoms with E-state index in [9.17, 15) is 0 Å². The van der Waals surface area contributed by atoms with Crippen LogP contribution in [0.4, 0.5) is 11.4 Å². The first-order valence-corrected chi connectivity index (χ1v) is 9.42. The van der Waals surface area contributed by atoms with Crippen LogP contribution in [0.15, 0.2) is 76.7 Å². The second kappa shape index (κ2) is 7.73. The lowest BCUT2D eigenvalue weighted by Crippen LogP contribution is -2.15. The maximum absolute atomic E-state index is 6.24. The van der Waals surface area contributed by atoms with E-state index < -0.39 is 0 Å². The van der Waals surface area contributed by atoms with Gasteiger partial charge in [-0.15, -0.1) is 0 Å². The molecule has 0 radical (unpaired) electrons. The van der Waals surface area contributed by atoms with Gasteiger partial charge in [0.15, 0.2) is 0 Å². The van der Waals surface area contributed by atoms with E-state index in [1.54, 1.807) is 0 Å². The van der Waals surface area contributed by atoms with Crippen LogP contribution in [-0.2, 0) is 0 Å². The standard InChI is InChI=1S/C21H14Cl3N3/c22-14-3-1-13(2-4-14)21-18-11-16(24)7-10-19(18)27-20(12-25-21)26-17-8-5-15(23)6-9-17/h1-11H,12H2,(H,26,27). The van der Waals surface area contributed by atoms with E-state index in [2.05, 4.69) is 5.32 Å². The molecule has 27 heavy (non-hydrogen) atoms. The smallest absolute Gasteiger partial charge is 0.128 e. The van der Waals surface area contributed by atoms with E-state index in [4.69, 9.17) is 44.8 Å². The van der Waals surface area contributed by atoms with Crippen molar-refractivity contribution in [3.05, 3.63) is 92.9 Å². The normalized spacial score (nSPS) is 13.3. The van der Waals surface area contributed by atoms with Gasteiger partial charge in [0.1, 0.15) is 5.84 Å². The summed E-state index contributed by atoms with van der Waals surface area (Å²) in [6, 6.07) is 20.7. The van der Waals surface area contributed by atoms with E-state index in [1.165, 1.54) is 0 Å². The number of amidine groups is 1. The van der Waals surface area contributed by atoms with Gasteiger partial charge in [0.05, 0.1) is 17.9 Å². The third-order valence-corrected chi connectivity index (χ3v) is 4.85. The fraction of sp³-hybridized carbons (Fsp3) is 0.0476. The molecule has 0 bridgehead atoms. The van der Waals surface area contributed by atoms with E-state index in [1.807, 2.05) is 66.7 Å². The number of hydrogen-bond acceptors (Lipinski definition) is 3. The predicted molar refractivity (Wildman–Crippen MR) is 116 cm³/mol. The van der Waals surface area contributed by atoms with Crippen LogP contribution < -0.4 is 5.32 Å². The van der Waals surface area contributed by atoms with Crippen LogP contribution in [0.1, 0.15) is 11.1 Å². The molecule has 134 valence electrons. The Balaban J connectivity index is 1.75. The summed E-state index contributed by atoms with van der Waals surface area (Å²) < 4.78 is 0. The molecule has 0 aromatic heterocycles. The van der Waals surface area contributed by atoms with Gasteiger partial charge in [-0.05, 0) is 54.6 Å². The molecule has 0 atom stereocenters. The van der Waals surface area contributed by atoms with Gasteiger partial charge < -0.3 is 5.32 Å². The topological polar surface area (TPSA) is 36.8 Å². The van der Waals surface area contributed by atoms with Crippen molar-refractivity contribution in [1.82, 2.24) is 0 Å². The molecule has 1 aliphatic heterocycles. The minimum absolute atomic E-state index is 0.410. The third-order valence-electron chi connectivity index (χ3n) is 4.11. The van der Waals surface area contributed by atoms with E-state index >= 15 is 0 Å². The second-order valence-corrected chi connectivity index (χ2v) is 7.33. The summed E-state index contributed by atoms with van der Waals surface area (Å²) >= 11 is 18.2. The van der Waals surface area contributed by atoms with Crippen molar-refractivity contribution >= 4 is 57.7 Å². The summed E-state index contributed by atoms with van der Waals surface area (Å²) in [7, 11) is 0. The molecule has 0 aliphatic carbocycles. The van der Waals surface area contributed by atoms with Crippen molar-refractivity contribution in [2.75, 3.05) is 11.9 Å². The third kappa shape index (κ3) is 4.16. The minimum Gasteiger partial charge on any atom is -0.342 e. The molecule has 6 heteroatoms. The molecule has 3 aromatic carbocycles. The Morgan fingerprint density at radius 3 is 2.07 bits per heavy atom. The number of fused-ring (bicyclic) bond motifs is 1. The summed E-state index contributed by atoms with van der Waals surface area (Å²) in [4.78, 5) is 9.56. The van der Waals surface area contributed by atoms with E-state index in [0.29, 0.717) is 21.6 Å². The van der Waals surface area contributed by atoms with Crippen molar-refractivity contribution in [1.29, 1.82) is 0 Å². The average molecular weight is 415 g/mol. The SMILES string of the molecule is Clc1ccc(NC2=Nc3ccc(Cl)cc3C(c3ccc(Cl)cc3)=NC2)cc1. The first kappa shape index (κ1) is 18.1. The van der Waals surface area contributed by atoms with Gasteiger partial charge in [0, 0.05) is 31.9 Å². The van der Waals surface area contributed by atoms with Crippen molar-refractivity contribution in [2.24, 2.45) is 9.98 Å². The number of nitrogens with one attached hydrogen (secondary N) is 1. The van der Waals surface area contributed by atoms with Crippen LogP contribution >= 0.6 is 34.8 Å². The quantitative estimate of drug-likeness (QED) is 0.501. The van der Waals surface area contributed by atoms with Gasteiger partial charge in [-0.1, -0.05) is 46.9 Å². The number of anilines is 1. The molecule has 0 spiro atoms. The molecule has 0 saturated heterocycles. The highest BCUT2D eigenvalue weighted by molar-refractivity contribution is 6.32. The summed E-state index contributed by atoms with van der Waals surface area (Å²) in [5.74, 6) is 0.741. The number of hydrogen-bond donors (Lipinski definition) is 1. The van der Waals surface area contributed by atoms with Gasteiger partial charge in [-0.3, -0.25) is 4.99 Å². The average Bonchev–Trinajstić information content (AvgIpc) is 2.83. The van der Waals surface area contributed by atoms with Crippen molar-refractivity contribution in [2.45, 2.75) is 0 Å². The zero-order valence-electron chi connectivity index (χ0n) is 14.1. The Hall–Kier alpha value is -2.33. The molecule has 3 nitrogen and oxygen atoms in total. The zero-order chi connectivity index (χ0) is 18.8. The number of rotatable bonds is 2. The zero-order valence-corrected chi connectivity index (χ0v) is 16.4. The molecule has 1 aliphatic rings. The monoisotopic (exact) mass is 413 g/mol. The van der Waals surface area contributed by atoms with Crippen molar-refractivity contribution in [3.8, 4) is 0 Å². The Morgan fingerprint density at radius 1 is 0.741 bits per heavy atom. The van der Waals surface area contributed by atoms with E-state index in [-0.39, 0.29) is 0 Å². The van der Waals surface area contributed by atoms with Gasteiger partial charge in [-0.25, -0.2) is 4.99 Å². The molecule has 0 saturated carbocycles. The molecular formula is C21H14Cl3N3. The molecular weight excluding hydrogens is 401 g/mol. The minimum atomic E-state index is 0.410. The van der Waals surface area contributed by atoms with Gasteiger partial charge in [0.2, 0.25) is 0 Å². The fourth-order valence-electron chi connectivity index (χ4n) is 2.84. The van der Waals surface area contributed by atoms with Crippen LogP contribution in [0.5, 0.6) is 0 Å². The van der Waals surface area contributed by atoms with Crippen LogP contribution in [0, 0.1) is 0 Å². The highest BCUT2D eigenvalue weighted by atomic mass is 35.5. The lowest BCUT2D eigenvalue weighted by atomic mass is 10.0. The van der Waals surface area contributed by atoms with Crippen molar-refractivity contribution in [3.63, 3.8) is 0 Å². The first-order valence-electron chi connectivity index (χ1n) is 8.29. The lowest BCUT2D eigenvalue weighted by molar-refractivity contribution is 1.28. The molecule has 0 unspecified atom stereocenters.